The molecule has 0 saturated heterocycles. The smallest absolute Gasteiger partial charge is 0.350 e. The molecule has 0 heterocycles. The summed E-state index contributed by atoms with van der Waals surface area (Å²) in [5, 5.41) is 39.6. The lowest BCUT2D eigenvalue weighted by Crippen LogP contribution is -2.47. The van der Waals surface area contributed by atoms with E-state index < -0.39 is 48.4 Å². The molecule has 7 atom stereocenters. The molecule has 198 valence electrons. The molecule has 0 aromatic heterocycles. The van der Waals surface area contributed by atoms with E-state index in [1.165, 1.54) is 0 Å². The Morgan fingerprint density at radius 2 is 1.83 bits per heavy atom. The summed E-state index contributed by atoms with van der Waals surface area (Å²) in [6, 6.07) is 9.03. The Morgan fingerprint density at radius 3 is 2.50 bits per heavy atom. The molecule has 3 rings (SSSR count). The van der Waals surface area contributed by atoms with Crippen LogP contribution in [0.25, 0.3) is 0 Å². The number of hydrogen-bond donors (Lipinski definition) is 4. The topological polar surface area (TPSA) is 134 Å². The van der Waals surface area contributed by atoms with Crippen molar-refractivity contribution in [2.75, 3.05) is 0 Å². The minimum absolute atomic E-state index is 0.0151. The Labute approximate surface area is 212 Å². The highest BCUT2D eigenvalue weighted by Crippen LogP contribution is 2.44. The summed E-state index contributed by atoms with van der Waals surface area (Å²) in [4.78, 5) is 24.0. The number of carboxylic acids is 1. The number of benzene rings is 1. The standard InChI is InChI=1S/C28H38O8/c1-17-9-10-18-13-20(30)15-24(35-27(34)28(2,3)36-22-7-5-4-6-8-22)26(18)23(17)12-11-19(29)14-21(31)16-25(32)33/h4-10,13,17,19-21,23-24,26,29-31H,11-12,14-16H2,1-3H3,(H,32,33). The first-order valence-corrected chi connectivity index (χ1v) is 12.6. The van der Waals surface area contributed by atoms with Gasteiger partial charge in [0.1, 0.15) is 11.9 Å². The van der Waals surface area contributed by atoms with Crippen LogP contribution in [-0.4, -0.2) is 62.4 Å². The molecule has 0 saturated carbocycles. The highest BCUT2D eigenvalue weighted by Gasteiger charge is 2.44. The van der Waals surface area contributed by atoms with Crippen LogP contribution in [0.5, 0.6) is 5.75 Å². The van der Waals surface area contributed by atoms with Crippen LogP contribution in [0.3, 0.4) is 0 Å². The zero-order valence-corrected chi connectivity index (χ0v) is 21.1. The number of para-hydroxylation sites is 1. The largest absolute Gasteiger partial charge is 0.481 e. The minimum atomic E-state index is -1.24. The number of esters is 1. The van der Waals surface area contributed by atoms with E-state index in [9.17, 15) is 24.9 Å². The number of carbonyl (C=O) groups is 2. The molecule has 8 nitrogen and oxygen atoms in total. The molecule has 4 N–H and O–H groups in total. The van der Waals surface area contributed by atoms with Gasteiger partial charge < -0.3 is 29.9 Å². The van der Waals surface area contributed by atoms with Crippen LogP contribution in [0.4, 0.5) is 0 Å². The third kappa shape index (κ3) is 7.41. The number of allylic oxidation sites excluding steroid dienone is 2. The number of carboxylic acid groups (broad SMARTS) is 1. The maximum Gasteiger partial charge on any atom is 0.350 e. The van der Waals surface area contributed by atoms with Crippen molar-refractivity contribution >= 4 is 11.9 Å². The predicted molar refractivity (Wildman–Crippen MR) is 133 cm³/mol. The highest BCUT2D eigenvalue weighted by atomic mass is 16.6. The fourth-order valence-corrected chi connectivity index (χ4v) is 5.19. The summed E-state index contributed by atoms with van der Waals surface area (Å²) in [7, 11) is 0. The molecule has 0 spiro atoms. The van der Waals surface area contributed by atoms with Gasteiger partial charge in [-0.1, -0.05) is 43.4 Å². The van der Waals surface area contributed by atoms with E-state index >= 15 is 0 Å². The van der Waals surface area contributed by atoms with Gasteiger partial charge >= 0.3 is 11.9 Å². The fraction of sp³-hybridized carbons (Fsp3) is 0.571. The van der Waals surface area contributed by atoms with Gasteiger partial charge in [-0.05, 0) is 62.7 Å². The molecular weight excluding hydrogens is 464 g/mol. The average Bonchev–Trinajstić information content (AvgIpc) is 2.78. The van der Waals surface area contributed by atoms with Gasteiger partial charge in [-0.3, -0.25) is 4.79 Å². The SMILES string of the molecule is CC1C=CC2=CC(O)CC(OC(=O)C(C)(C)Oc3ccccc3)C2C1CCC(O)CC(O)CC(=O)O. The van der Waals surface area contributed by atoms with Crippen molar-refractivity contribution in [1.29, 1.82) is 0 Å². The highest BCUT2D eigenvalue weighted by molar-refractivity contribution is 5.79. The summed E-state index contributed by atoms with van der Waals surface area (Å²) < 4.78 is 11.9. The van der Waals surface area contributed by atoms with Gasteiger partial charge in [0, 0.05) is 12.3 Å². The number of rotatable bonds is 11. The number of hydrogen-bond acceptors (Lipinski definition) is 7. The van der Waals surface area contributed by atoms with Crippen LogP contribution in [-0.2, 0) is 14.3 Å². The van der Waals surface area contributed by atoms with Crippen molar-refractivity contribution in [2.45, 2.75) is 82.9 Å². The van der Waals surface area contributed by atoms with Crippen LogP contribution in [0.15, 0.2) is 54.1 Å². The quantitative estimate of drug-likeness (QED) is 0.339. The van der Waals surface area contributed by atoms with Crippen LogP contribution in [0, 0.1) is 17.8 Å². The molecular formula is C28H38O8. The number of aliphatic hydroxyl groups excluding tert-OH is 3. The predicted octanol–water partition coefficient (Wildman–Crippen LogP) is 3.25. The van der Waals surface area contributed by atoms with E-state index in [2.05, 4.69) is 13.0 Å². The Hall–Kier alpha value is -2.68. The minimum Gasteiger partial charge on any atom is -0.481 e. The van der Waals surface area contributed by atoms with Crippen molar-refractivity contribution in [1.82, 2.24) is 0 Å². The molecule has 1 aromatic carbocycles. The Morgan fingerprint density at radius 1 is 1.14 bits per heavy atom. The van der Waals surface area contributed by atoms with Crippen LogP contribution in [0.2, 0.25) is 0 Å². The summed E-state index contributed by atoms with van der Waals surface area (Å²) in [5.74, 6) is -1.09. The fourth-order valence-electron chi connectivity index (χ4n) is 5.19. The van der Waals surface area contributed by atoms with Crippen LogP contribution < -0.4 is 4.74 Å². The van der Waals surface area contributed by atoms with E-state index in [-0.39, 0.29) is 30.6 Å². The number of aliphatic carboxylic acids is 1. The molecule has 0 radical (unpaired) electrons. The molecule has 2 aliphatic rings. The Bertz CT molecular complexity index is 954. The third-order valence-electron chi connectivity index (χ3n) is 7.03. The lowest BCUT2D eigenvalue weighted by molar-refractivity contribution is -0.170. The van der Waals surface area contributed by atoms with Crippen molar-refractivity contribution < 1.29 is 39.5 Å². The molecule has 36 heavy (non-hydrogen) atoms. The monoisotopic (exact) mass is 502 g/mol. The van der Waals surface area contributed by atoms with Gasteiger partial charge in [0.2, 0.25) is 0 Å². The third-order valence-corrected chi connectivity index (χ3v) is 7.03. The summed E-state index contributed by atoms with van der Waals surface area (Å²) in [6.45, 7) is 5.37. The van der Waals surface area contributed by atoms with Crippen LogP contribution in [0.1, 0.15) is 52.9 Å². The Balaban J connectivity index is 1.71. The van der Waals surface area contributed by atoms with E-state index in [1.807, 2.05) is 24.3 Å². The van der Waals surface area contributed by atoms with Gasteiger partial charge in [-0.2, -0.15) is 0 Å². The van der Waals surface area contributed by atoms with E-state index in [0.717, 1.165) is 5.57 Å². The van der Waals surface area contributed by atoms with Gasteiger partial charge in [0.25, 0.3) is 0 Å². The lowest BCUT2D eigenvalue weighted by Gasteiger charge is -2.43. The Kier molecular flexibility index (Phi) is 9.33. The summed E-state index contributed by atoms with van der Waals surface area (Å²) >= 11 is 0. The van der Waals surface area contributed by atoms with Crippen LogP contribution >= 0.6 is 0 Å². The molecule has 0 aliphatic heterocycles. The first kappa shape index (κ1) is 27.9. The lowest BCUT2D eigenvalue weighted by atomic mass is 9.66. The van der Waals surface area contributed by atoms with Gasteiger partial charge in [0.05, 0.1) is 24.7 Å². The van der Waals surface area contributed by atoms with Crippen molar-refractivity contribution in [3.05, 3.63) is 54.1 Å². The maximum atomic E-state index is 13.2. The molecule has 0 amide bonds. The molecule has 1 aromatic rings. The summed E-state index contributed by atoms with van der Waals surface area (Å²) in [5.41, 5.74) is -0.341. The zero-order chi connectivity index (χ0) is 26.5. The molecule has 0 fully saturated rings. The van der Waals surface area contributed by atoms with Gasteiger partial charge in [-0.25, -0.2) is 4.79 Å². The van der Waals surface area contributed by atoms with E-state index in [0.29, 0.717) is 18.6 Å². The molecule has 2 aliphatic carbocycles. The second kappa shape index (κ2) is 12.0. The molecule has 8 heteroatoms. The number of fused-ring (bicyclic) bond motifs is 1. The molecule has 0 bridgehead atoms. The van der Waals surface area contributed by atoms with Crippen molar-refractivity contribution in [3.8, 4) is 5.75 Å². The second-order valence-corrected chi connectivity index (χ2v) is 10.5. The number of aliphatic hydroxyl groups is 3. The van der Waals surface area contributed by atoms with Crippen molar-refractivity contribution in [2.24, 2.45) is 17.8 Å². The second-order valence-electron chi connectivity index (χ2n) is 10.5. The normalized spacial score (nSPS) is 27.4. The maximum absolute atomic E-state index is 13.2. The first-order chi connectivity index (χ1) is 17.0. The zero-order valence-electron chi connectivity index (χ0n) is 21.1. The van der Waals surface area contributed by atoms with Crippen molar-refractivity contribution in [3.63, 3.8) is 0 Å². The first-order valence-electron chi connectivity index (χ1n) is 12.6. The van der Waals surface area contributed by atoms with Gasteiger partial charge in [-0.15, -0.1) is 0 Å². The van der Waals surface area contributed by atoms with E-state index in [4.69, 9.17) is 14.6 Å². The van der Waals surface area contributed by atoms with E-state index in [1.54, 1.807) is 32.1 Å². The average molecular weight is 503 g/mol. The number of ether oxygens (including phenoxy) is 2. The van der Waals surface area contributed by atoms with Gasteiger partial charge in [0.15, 0.2) is 5.60 Å². The summed E-state index contributed by atoms with van der Waals surface area (Å²) in [6.07, 6.45) is 3.33. The molecule has 7 unspecified atom stereocenters. The number of carbonyl (C=O) groups excluding carboxylic acids is 1.